The summed E-state index contributed by atoms with van der Waals surface area (Å²) in [5.41, 5.74) is -0.524. The van der Waals surface area contributed by atoms with Gasteiger partial charge in [0.2, 0.25) is 0 Å². The number of rotatable bonds is 7. The average Bonchev–Trinajstić information content (AvgIpc) is 3.40. The maximum absolute atomic E-state index is 15.1. The highest BCUT2D eigenvalue weighted by Gasteiger charge is 2.41. The van der Waals surface area contributed by atoms with Gasteiger partial charge < -0.3 is 4.74 Å². The molecule has 0 amide bonds. The Bertz CT molecular complexity index is 1700. The second kappa shape index (κ2) is 11.0. The fourth-order valence-electron chi connectivity index (χ4n) is 4.37. The average molecular weight is 587 g/mol. The van der Waals surface area contributed by atoms with Gasteiger partial charge in [0.05, 0.1) is 0 Å². The molecule has 0 atom stereocenters. The van der Waals surface area contributed by atoms with E-state index in [1.54, 1.807) is 17.4 Å². The Hall–Kier alpha value is -4.11. The number of benzene rings is 4. The molecule has 0 bridgehead atoms. The van der Waals surface area contributed by atoms with Gasteiger partial charge in [0.25, 0.3) is 0 Å². The van der Waals surface area contributed by atoms with Crippen LogP contribution in [0, 0.1) is 36.0 Å². The summed E-state index contributed by atoms with van der Waals surface area (Å²) in [6.45, 7) is 3.16. The third kappa shape index (κ3) is 5.72. The van der Waals surface area contributed by atoms with Crippen molar-refractivity contribution >= 4 is 11.3 Å². The topological polar surface area (TPSA) is 9.23 Å². The van der Waals surface area contributed by atoms with Gasteiger partial charge in [-0.3, -0.25) is 0 Å². The molecule has 1 nitrogen and oxygen atoms in total. The Morgan fingerprint density at radius 3 is 1.76 bits per heavy atom. The number of hydrogen-bond acceptors (Lipinski definition) is 2. The third-order valence-electron chi connectivity index (χ3n) is 6.63. The Balaban J connectivity index is 1.40. The number of alkyl halides is 2. The molecule has 1 heterocycles. The van der Waals surface area contributed by atoms with E-state index < -0.39 is 52.1 Å². The minimum absolute atomic E-state index is 0.215. The molecule has 0 radical (unpaired) electrons. The molecule has 5 aromatic rings. The van der Waals surface area contributed by atoms with Gasteiger partial charge in [-0.2, -0.15) is 8.78 Å². The summed E-state index contributed by atoms with van der Waals surface area (Å²) < 4.78 is 106. The van der Waals surface area contributed by atoms with Crippen molar-refractivity contribution in [2.75, 3.05) is 0 Å². The molecule has 0 spiro atoms. The van der Waals surface area contributed by atoms with Crippen LogP contribution >= 0.6 is 11.3 Å². The fourth-order valence-corrected chi connectivity index (χ4v) is 5.32. The first-order valence-corrected chi connectivity index (χ1v) is 13.3. The predicted molar refractivity (Wildman–Crippen MR) is 145 cm³/mol. The molecule has 0 saturated carbocycles. The Kier molecular flexibility index (Phi) is 7.66. The van der Waals surface area contributed by atoms with Crippen molar-refractivity contribution in [1.29, 1.82) is 0 Å². The van der Waals surface area contributed by atoms with Gasteiger partial charge in [-0.25, -0.2) is 22.0 Å². The van der Waals surface area contributed by atoms with Crippen LogP contribution in [0.2, 0.25) is 0 Å². The zero-order valence-electron chi connectivity index (χ0n) is 21.7. The first-order chi connectivity index (χ1) is 19.5. The molecule has 0 N–H and O–H groups in total. The van der Waals surface area contributed by atoms with Crippen molar-refractivity contribution in [2.24, 2.45) is 0 Å². The maximum Gasteiger partial charge on any atom is 0.432 e. The van der Waals surface area contributed by atoms with Gasteiger partial charge in [-0.1, -0.05) is 43.3 Å². The zero-order chi connectivity index (χ0) is 29.5. The number of thiophene rings is 1. The standard InChI is InChI=1S/C32H21F7OS/c1-3-23-9-11-30(41-23)19-6-4-18(5-7-19)20-8-10-24(27(35)12-20)21-13-28(36)31(29(37)14-21)32(38,39)40-22-15-25(33)17(2)26(34)16-22/h4-16H,3H2,1-2H3. The Morgan fingerprint density at radius 1 is 0.634 bits per heavy atom. The summed E-state index contributed by atoms with van der Waals surface area (Å²) in [5, 5.41) is 0. The van der Waals surface area contributed by atoms with Gasteiger partial charge in [0.1, 0.15) is 40.4 Å². The molecule has 4 aromatic carbocycles. The maximum atomic E-state index is 15.1. The van der Waals surface area contributed by atoms with Crippen LogP contribution in [0.15, 0.2) is 78.9 Å². The van der Waals surface area contributed by atoms with E-state index in [9.17, 15) is 26.3 Å². The van der Waals surface area contributed by atoms with E-state index in [0.717, 1.165) is 23.8 Å². The number of halogens is 7. The van der Waals surface area contributed by atoms with E-state index in [2.05, 4.69) is 17.7 Å². The minimum atomic E-state index is -4.63. The van der Waals surface area contributed by atoms with E-state index >= 15 is 4.39 Å². The van der Waals surface area contributed by atoms with Gasteiger partial charge in [-0.15, -0.1) is 11.3 Å². The zero-order valence-corrected chi connectivity index (χ0v) is 22.5. The van der Waals surface area contributed by atoms with Crippen LogP contribution in [0.25, 0.3) is 32.7 Å². The summed E-state index contributed by atoms with van der Waals surface area (Å²) in [5.74, 6) is -7.58. The molecule has 0 aliphatic heterocycles. The van der Waals surface area contributed by atoms with Gasteiger partial charge in [0, 0.05) is 33.0 Å². The molecule has 1 aromatic heterocycles. The molecule has 0 unspecified atom stereocenters. The predicted octanol–water partition coefficient (Wildman–Crippen LogP) is 10.4. The first kappa shape index (κ1) is 28.4. The molecule has 9 heteroatoms. The summed E-state index contributed by atoms with van der Waals surface area (Å²) in [7, 11) is 0. The van der Waals surface area contributed by atoms with E-state index in [-0.39, 0.29) is 11.1 Å². The van der Waals surface area contributed by atoms with Crippen molar-refractivity contribution in [1.82, 2.24) is 0 Å². The van der Waals surface area contributed by atoms with Crippen molar-refractivity contribution < 1.29 is 35.5 Å². The molecular weight excluding hydrogens is 565 g/mol. The minimum Gasteiger partial charge on any atom is -0.429 e. The van der Waals surface area contributed by atoms with Crippen molar-refractivity contribution in [3.05, 3.63) is 124 Å². The number of hydrogen-bond donors (Lipinski definition) is 0. The highest BCUT2D eigenvalue weighted by Crippen LogP contribution is 2.39. The van der Waals surface area contributed by atoms with Gasteiger partial charge in [0.15, 0.2) is 0 Å². The lowest BCUT2D eigenvalue weighted by atomic mass is 9.97. The fraction of sp³-hybridized carbons (Fsp3) is 0.125. The molecular formula is C32H21F7OS. The van der Waals surface area contributed by atoms with E-state index in [4.69, 9.17) is 0 Å². The highest BCUT2D eigenvalue weighted by atomic mass is 32.1. The molecule has 210 valence electrons. The van der Waals surface area contributed by atoms with E-state index in [1.807, 2.05) is 30.3 Å². The lowest BCUT2D eigenvalue weighted by molar-refractivity contribution is -0.189. The molecule has 0 fully saturated rings. The van der Waals surface area contributed by atoms with E-state index in [0.29, 0.717) is 35.4 Å². The molecule has 0 saturated heterocycles. The smallest absolute Gasteiger partial charge is 0.429 e. The Morgan fingerprint density at radius 2 is 1.20 bits per heavy atom. The molecule has 0 aliphatic rings. The molecule has 41 heavy (non-hydrogen) atoms. The quantitative estimate of drug-likeness (QED) is 0.172. The van der Waals surface area contributed by atoms with Crippen molar-refractivity contribution in [2.45, 2.75) is 26.4 Å². The summed E-state index contributed by atoms with van der Waals surface area (Å²) >= 11 is 1.69. The second-order valence-corrected chi connectivity index (χ2v) is 10.5. The van der Waals surface area contributed by atoms with Crippen LogP contribution in [0.5, 0.6) is 5.75 Å². The molecule has 5 rings (SSSR count). The SMILES string of the molecule is CCc1ccc(-c2ccc(-c3ccc(-c4cc(F)c(C(F)(F)Oc5cc(F)c(C)c(F)c5)c(F)c4)c(F)c3)cc2)s1. The lowest BCUT2D eigenvalue weighted by Crippen LogP contribution is -2.25. The molecule has 0 aliphatic carbocycles. The van der Waals surface area contributed by atoms with Crippen molar-refractivity contribution in [3.8, 4) is 38.4 Å². The number of aryl methyl sites for hydroxylation is 1. The first-order valence-electron chi connectivity index (χ1n) is 12.5. The van der Waals surface area contributed by atoms with Gasteiger partial charge >= 0.3 is 6.11 Å². The van der Waals surface area contributed by atoms with Gasteiger partial charge in [-0.05, 0) is 65.9 Å². The van der Waals surface area contributed by atoms with Crippen LogP contribution in [0.1, 0.15) is 22.9 Å². The Labute approximate surface area is 235 Å². The number of ether oxygens (including phenoxy) is 1. The van der Waals surface area contributed by atoms with Crippen LogP contribution in [-0.2, 0) is 12.5 Å². The normalized spacial score (nSPS) is 11.6. The monoisotopic (exact) mass is 586 g/mol. The van der Waals surface area contributed by atoms with Crippen LogP contribution in [0.4, 0.5) is 30.7 Å². The lowest BCUT2D eigenvalue weighted by Gasteiger charge is -2.20. The summed E-state index contributed by atoms with van der Waals surface area (Å²) in [6.07, 6.45) is -3.69. The second-order valence-electron chi connectivity index (χ2n) is 9.34. The highest BCUT2D eigenvalue weighted by molar-refractivity contribution is 7.15. The summed E-state index contributed by atoms with van der Waals surface area (Å²) in [6, 6.07) is 17.7. The van der Waals surface area contributed by atoms with E-state index in [1.165, 1.54) is 17.0 Å². The van der Waals surface area contributed by atoms with Crippen LogP contribution < -0.4 is 4.74 Å². The summed E-state index contributed by atoms with van der Waals surface area (Å²) in [4.78, 5) is 2.37. The van der Waals surface area contributed by atoms with Crippen LogP contribution in [0.3, 0.4) is 0 Å². The van der Waals surface area contributed by atoms with Crippen molar-refractivity contribution in [3.63, 3.8) is 0 Å². The van der Waals surface area contributed by atoms with Crippen LogP contribution in [-0.4, -0.2) is 0 Å². The largest absolute Gasteiger partial charge is 0.432 e. The third-order valence-corrected chi connectivity index (χ3v) is 7.91.